The fraction of sp³-hybridized carbons (Fsp3) is 0.583. The Kier molecular flexibility index (Phi) is 3.65. The number of nitrogens with two attached hydrogens (primary N) is 1. The molecule has 0 aromatic carbocycles. The van der Waals surface area contributed by atoms with E-state index in [1.54, 1.807) is 0 Å². The topological polar surface area (TPSA) is 119 Å². The minimum absolute atomic E-state index is 0.0100. The minimum Gasteiger partial charge on any atom is -0.391 e. The maximum Gasteiger partial charge on any atom is 0.258 e. The van der Waals surface area contributed by atoms with Crippen LogP contribution in [0.5, 0.6) is 0 Å². The highest BCUT2D eigenvalue weighted by Gasteiger charge is 2.28. The van der Waals surface area contributed by atoms with Crippen molar-refractivity contribution in [2.24, 2.45) is 0 Å². The molecule has 0 bridgehead atoms. The zero-order chi connectivity index (χ0) is 14.8. The molecule has 0 saturated heterocycles. The average Bonchev–Trinajstić information content (AvgIpc) is 3.01. The fourth-order valence-electron chi connectivity index (χ4n) is 2.63. The second-order valence-electron chi connectivity index (χ2n) is 5.16. The van der Waals surface area contributed by atoms with E-state index in [0.717, 1.165) is 25.7 Å². The molecule has 1 fully saturated rings. The third-order valence-corrected chi connectivity index (χ3v) is 3.76. The SMILES string of the molecule is CN(c1nc(N)nc(-n2cncn2)n1)C1CCCCC1O. The quantitative estimate of drug-likeness (QED) is 0.796. The van der Waals surface area contributed by atoms with Crippen LogP contribution in [0.2, 0.25) is 0 Å². The van der Waals surface area contributed by atoms with Crippen molar-refractivity contribution in [1.29, 1.82) is 0 Å². The van der Waals surface area contributed by atoms with Gasteiger partial charge in [0.15, 0.2) is 0 Å². The second-order valence-corrected chi connectivity index (χ2v) is 5.16. The smallest absolute Gasteiger partial charge is 0.258 e. The van der Waals surface area contributed by atoms with E-state index in [2.05, 4.69) is 25.0 Å². The lowest BCUT2D eigenvalue weighted by atomic mass is 9.92. The summed E-state index contributed by atoms with van der Waals surface area (Å²) in [6.07, 6.45) is 6.35. The normalized spacial score (nSPS) is 22.2. The molecule has 3 N–H and O–H groups in total. The first kappa shape index (κ1) is 13.7. The summed E-state index contributed by atoms with van der Waals surface area (Å²) < 4.78 is 1.42. The van der Waals surface area contributed by atoms with Gasteiger partial charge in [-0.25, -0.2) is 4.98 Å². The van der Waals surface area contributed by atoms with Crippen molar-refractivity contribution in [2.75, 3.05) is 17.7 Å². The van der Waals surface area contributed by atoms with Gasteiger partial charge in [0.2, 0.25) is 11.9 Å². The maximum absolute atomic E-state index is 10.2. The summed E-state index contributed by atoms with van der Waals surface area (Å²) in [6, 6.07) is -0.0100. The Hall–Kier alpha value is -2.29. The highest BCUT2D eigenvalue weighted by Crippen LogP contribution is 2.25. The molecule has 0 spiro atoms. The number of anilines is 2. The van der Waals surface area contributed by atoms with E-state index in [9.17, 15) is 5.11 Å². The second kappa shape index (κ2) is 5.60. The van der Waals surface area contributed by atoms with Crippen molar-refractivity contribution in [3.8, 4) is 5.95 Å². The van der Waals surface area contributed by atoms with Crippen molar-refractivity contribution >= 4 is 11.9 Å². The molecular formula is C12H18N8O. The molecule has 0 amide bonds. The first-order valence-corrected chi connectivity index (χ1v) is 6.92. The van der Waals surface area contributed by atoms with Crippen LogP contribution < -0.4 is 10.6 Å². The number of rotatable bonds is 3. The largest absolute Gasteiger partial charge is 0.391 e. The number of nitrogens with zero attached hydrogens (tertiary/aromatic N) is 7. The summed E-state index contributed by atoms with van der Waals surface area (Å²) in [5.41, 5.74) is 5.75. The van der Waals surface area contributed by atoms with Crippen LogP contribution >= 0.6 is 0 Å². The van der Waals surface area contributed by atoms with Crippen LogP contribution in [0.1, 0.15) is 25.7 Å². The van der Waals surface area contributed by atoms with Gasteiger partial charge in [-0.3, -0.25) is 0 Å². The summed E-state index contributed by atoms with van der Waals surface area (Å²) >= 11 is 0. The molecule has 1 aliphatic rings. The van der Waals surface area contributed by atoms with Crippen LogP contribution in [-0.2, 0) is 0 Å². The Labute approximate surface area is 121 Å². The molecule has 2 aromatic heterocycles. The van der Waals surface area contributed by atoms with Gasteiger partial charge in [0.05, 0.1) is 12.1 Å². The van der Waals surface area contributed by atoms with E-state index in [1.807, 2.05) is 11.9 Å². The molecule has 2 aromatic rings. The summed E-state index contributed by atoms with van der Waals surface area (Å²) in [5.74, 6) is 0.855. The van der Waals surface area contributed by atoms with Gasteiger partial charge in [-0.1, -0.05) is 12.8 Å². The lowest BCUT2D eigenvalue weighted by Crippen LogP contribution is -2.44. The Morgan fingerprint density at radius 2 is 2.10 bits per heavy atom. The molecule has 0 radical (unpaired) electrons. The van der Waals surface area contributed by atoms with Gasteiger partial charge in [0.25, 0.3) is 5.95 Å². The van der Waals surface area contributed by atoms with Gasteiger partial charge in [-0.05, 0) is 12.8 Å². The van der Waals surface area contributed by atoms with Crippen molar-refractivity contribution in [2.45, 2.75) is 37.8 Å². The molecular weight excluding hydrogens is 272 g/mol. The van der Waals surface area contributed by atoms with E-state index in [4.69, 9.17) is 5.73 Å². The lowest BCUT2D eigenvalue weighted by molar-refractivity contribution is 0.105. The van der Waals surface area contributed by atoms with E-state index in [0.29, 0.717) is 11.9 Å². The third-order valence-electron chi connectivity index (χ3n) is 3.76. The predicted octanol–water partition coefficient (Wildman–Crippen LogP) is -0.226. The van der Waals surface area contributed by atoms with Crippen molar-refractivity contribution in [3.63, 3.8) is 0 Å². The molecule has 2 unspecified atom stereocenters. The lowest BCUT2D eigenvalue weighted by Gasteiger charge is -2.35. The van der Waals surface area contributed by atoms with Crippen LogP contribution in [0.3, 0.4) is 0 Å². The number of nitrogen functional groups attached to an aromatic ring is 1. The Balaban J connectivity index is 1.91. The number of aliphatic hydroxyl groups is 1. The number of hydrogen-bond acceptors (Lipinski definition) is 8. The van der Waals surface area contributed by atoms with Gasteiger partial charge in [-0.2, -0.15) is 24.7 Å². The molecule has 9 nitrogen and oxygen atoms in total. The summed E-state index contributed by atoms with van der Waals surface area (Å²) in [6.45, 7) is 0. The number of aromatic nitrogens is 6. The summed E-state index contributed by atoms with van der Waals surface area (Å²) in [4.78, 5) is 18.3. The predicted molar refractivity (Wildman–Crippen MR) is 75.8 cm³/mol. The molecule has 1 aliphatic carbocycles. The van der Waals surface area contributed by atoms with Gasteiger partial charge in [0, 0.05) is 7.05 Å². The van der Waals surface area contributed by atoms with Crippen molar-refractivity contribution < 1.29 is 5.11 Å². The zero-order valence-electron chi connectivity index (χ0n) is 11.8. The van der Waals surface area contributed by atoms with Crippen molar-refractivity contribution in [1.82, 2.24) is 29.7 Å². The van der Waals surface area contributed by atoms with Gasteiger partial charge < -0.3 is 15.7 Å². The molecule has 112 valence electrons. The van der Waals surface area contributed by atoms with E-state index < -0.39 is 0 Å². The Morgan fingerprint density at radius 1 is 1.29 bits per heavy atom. The van der Waals surface area contributed by atoms with Crippen LogP contribution in [0.25, 0.3) is 5.95 Å². The first-order valence-electron chi connectivity index (χ1n) is 6.92. The highest BCUT2D eigenvalue weighted by molar-refractivity contribution is 5.38. The molecule has 2 atom stereocenters. The Morgan fingerprint density at radius 3 is 2.81 bits per heavy atom. The van der Waals surface area contributed by atoms with E-state index in [1.165, 1.54) is 17.3 Å². The van der Waals surface area contributed by atoms with E-state index >= 15 is 0 Å². The number of hydrogen-bond donors (Lipinski definition) is 2. The molecule has 9 heteroatoms. The Bertz CT molecular complexity index is 601. The molecule has 0 aliphatic heterocycles. The minimum atomic E-state index is -0.378. The highest BCUT2D eigenvalue weighted by atomic mass is 16.3. The van der Waals surface area contributed by atoms with Crippen LogP contribution in [-0.4, -0.2) is 54.0 Å². The van der Waals surface area contributed by atoms with E-state index in [-0.39, 0.29) is 18.1 Å². The van der Waals surface area contributed by atoms with Crippen LogP contribution in [0.15, 0.2) is 12.7 Å². The fourth-order valence-corrected chi connectivity index (χ4v) is 2.63. The first-order chi connectivity index (χ1) is 10.1. The average molecular weight is 290 g/mol. The maximum atomic E-state index is 10.2. The van der Waals surface area contributed by atoms with Gasteiger partial charge >= 0.3 is 0 Å². The monoisotopic (exact) mass is 290 g/mol. The molecule has 2 heterocycles. The van der Waals surface area contributed by atoms with Crippen molar-refractivity contribution in [3.05, 3.63) is 12.7 Å². The molecule has 21 heavy (non-hydrogen) atoms. The van der Waals surface area contributed by atoms with Crippen LogP contribution in [0, 0.1) is 0 Å². The van der Waals surface area contributed by atoms with Crippen LogP contribution in [0.4, 0.5) is 11.9 Å². The molecule has 3 rings (SSSR count). The number of likely N-dealkylation sites (N-methyl/N-ethyl adjacent to an activating group) is 1. The van der Waals surface area contributed by atoms with Gasteiger partial charge in [-0.15, -0.1) is 0 Å². The standard InChI is InChI=1S/C12H18N8O/c1-19(8-4-2-3-5-9(8)21)11-16-10(13)17-12(18-11)20-7-14-6-15-20/h6-9,21H,2-5H2,1H3,(H2,13,16,17,18). The summed E-state index contributed by atoms with van der Waals surface area (Å²) in [7, 11) is 1.86. The van der Waals surface area contributed by atoms with Gasteiger partial charge in [0.1, 0.15) is 12.7 Å². The number of aliphatic hydroxyl groups excluding tert-OH is 1. The molecule has 1 saturated carbocycles. The third kappa shape index (κ3) is 2.77. The zero-order valence-corrected chi connectivity index (χ0v) is 11.8. The summed E-state index contributed by atoms with van der Waals surface area (Å²) in [5, 5.41) is 14.1.